The molecule has 0 bridgehead atoms. The van der Waals surface area contributed by atoms with Crippen LogP contribution in [0.4, 0.5) is 0 Å². The Morgan fingerprint density at radius 2 is 2.20 bits per heavy atom. The Morgan fingerprint density at radius 1 is 1.40 bits per heavy atom. The Kier molecular flexibility index (Phi) is 5.74. The van der Waals surface area contributed by atoms with Gasteiger partial charge in [0.25, 0.3) is 0 Å². The largest absolute Gasteiger partial charge is 0.494 e. The maximum absolute atomic E-state index is 6.19. The van der Waals surface area contributed by atoms with Crippen LogP contribution in [-0.2, 0) is 0 Å². The molecule has 1 aliphatic carbocycles. The van der Waals surface area contributed by atoms with Crippen LogP contribution in [0.5, 0.6) is 5.75 Å². The van der Waals surface area contributed by atoms with E-state index in [1.165, 1.54) is 31.2 Å². The van der Waals surface area contributed by atoms with E-state index in [4.69, 9.17) is 22.1 Å². The number of rotatable bonds is 5. The van der Waals surface area contributed by atoms with Crippen LogP contribution in [0.25, 0.3) is 0 Å². The Balaban J connectivity index is 2.27. The van der Waals surface area contributed by atoms with E-state index in [2.05, 4.69) is 6.92 Å². The molecule has 1 fully saturated rings. The molecule has 3 heteroatoms. The van der Waals surface area contributed by atoms with Crippen molar-refractivity contribution in [3.63, 3.8) is 0 Å². The molecule has 1 saturated carbocycles. The van der Waals surface area contributed by atoms with Gasteiger partial charge in [-0.3, -0.25) is 0 Å². The monoisotopic (exact) mass is 295 g/mol. The summed E-state index contributed by atoms with van der Waals surface area (Å²) in [5.74, 6) is 2.77. The van der Waals surface area contributed by atoms with Gasteiger partial charge in [-0.25, -0.2) is 0 Å². The second-order valence-electron chi connectivity index (χ2n) is 5.99. The van der Waals surface area contributed by atoms with Crippen LogP contribution in [0.15, 0.2) is 18.2 Å². The minimum Gasteiger partial charge on any atom is -0.494 e. The van der Waals surface area contributed by atoms with E-state index in [1.54, 1.807) is 0 Å². The first kappa shape index (κ1) is 15.7. The van der Waals surface area contributed by atoms with Crippen LogP contribution in [0.2, 0.25) is 5.02 Å². The van der Waals surface area contributed by atoms with Gasteiger partial charge < -0.3 is 10.5 Å². The van der Waals surface area contributed by atoms with Gasteiger partial charge in [0, 0.05) is 16.5 Å². The molecule has 2 nitrogen and oxygen atoms in total. The molecule has 0 spiro atoms. The third-order valence-corrected chi connectivity index (χ3v) is 4.71. The summed E-state index contributed by atoms with van der Waals surface area (Å²) >= 11 is 6.19. The van der Waals surface area contributed by atoms with Gasteiger partial charge in [0.2, 0.25) is 0 Å². The number of benzene rings is 1. The molecule has 2 N–H and O–H groups in total. The maximum atomic E-state index is 6.19. The minimum atomic E-state index is 0.359. The normalized spacial score (nSPS) is 24.4. The van der Waals surface area contributed by atoms with Crippen LogP contribution < -0.4 is 10.5 Å². The average Bonchev–Trinajstić information content (AvgIpc) is 2.43. The molecule has 0 saturated heterocycles. The van der Waals surface area contributed by atoms with Gasteiger partial charge in [-0.2, -0.15) is 0 Å². The lowest BCUT2D eigenvalue weighted by Gasteiger charge is -2.33. The van der Waals surface area contributed by atoms with Gasteiger partial charge in [0.1, 0.15) is 5.75 Å². The number of hydrogen-bond acceptors (Lipinski definition) is 2. The fourth-order valence-corrected chi connectivity index (χ4v) is 3.70. The molecular weight excluding hydrogens is 270 g/mol. The van der Waals surface area contributed by atoms with Crippen LogP contribution >= 0.6 is 11.6 Å². The summed E-state index contributed by atoms with van der Waals surface area (Å²) in [6.45, 7) is 5.70. The molecule has 0 aliphatic heterocycles. The van der Waals surface area contributed by atoms with E-state index in [9.17, 15) is 0 Å². The molecule has 3 unspecified atom stereocenters. The second-order valence-corrected chi connectivity index (χ2v) is 6.43. The van der Waals surface area contributed by atoms with Crippen molar-refractivity contribution < 1.29 is 4.74 Å². The highest BCUT2D eigenvalue weighted by Gasteiger charge is 2.29. The zero-order valence-electron chi connectivity index (χ0n) is 12.6. The van der Waals surface area contributed by atoms with Crippen molar-refractivity contribution >= 4 is 11.6 Å². The maximum Gasteiger partial charge on any atom is 0.122 e. The topological polar surface area (TPSA) is 35.2 Å². The summed E-state index contributed by atoms with van der Waals surface area (Å²) in [6, 6.07) is 5.92. The van der Waals surface area contributed by atoms with Crippen molar-refractivity contribution in [2.45, 2.75) is 45.4 Å². The van der Waals surface area contributed by atoms with Crippen molar-refractivity contribution in [1.82, 2.24) is 0 Å². The summed E-state index contributed by atoms with van der Waals surface area (Å²) in [5, 5.41) is 0.769. The van der Waals surface area contributed by atoms with Crippen molar-refractivity contribution in [3.05, 3.63) is 28.8 Å². The zero-order valence-corrected chi connectivity index (χ0v) is 13.3. The van der Waals surface area contributed by atoms with E-state index < -0.39 is 0 Å². The zero-order chi connectivity index (χ0) is 14.5. The third-order valence-electron chi connectivity index (χ3n) is 4.47. The van der Waals surface area contributed by atoms with E-state index in [0.717, 1.165) is 16.7 Å². The minimum absolute atomic E-state index is 0.359. The molecule has 112 valence electrons. The number of hydrogen-bond donors (Lipinski definition) is 1. The van der Waals surface area contributed by atoms with E-state index in [-0.39, 0.29) is 0 Å². The summed E-state index contributed by atoms with van der Waals surface area (Å²) < 4.78 is 5.78. The fourth-order valence-electron chi connectivity index (χ4n) is 3.52. The van der Waals surface area contributed by atoms with Crippen LogP contribution in [0.3, 0.4) is 0 Å². The molecule has 0 aromatic heterocycles. The smallest absolute Gasteiger partial charge is 0.122 e. The molecular formula is C17H26ClNO. The molecule has 1 aromatic carbocycles. The van der Waals surface area contributed by atoms with E-state index >= 15 is 0 Å². The van der Waals surface area contributed by atoms with Gasteiger partial charge in [0.15, 0.2) is 0 Å². The van der Waals surface area contributed by atoms with Crippen molar-refractivity contribution in [2.24, 2.45) is 17.6 Å². The summed E-state index contributed by atoms with van der Waals surface area (Å²) in [4.78, 5) is 0. The first-order chi connectivity index (χ1) is 9.65. The SMILES string of the molecule is CCOc1ccc(Cl)cc1C(CN)C1CCCC(C)C1. The molecule has 2 rings (SSSR count). The Bertz CT molecular complexity index is 435. The standard InChI is InChI=1S/C17H26ClNO/c1-3-20-17-8-7-14(18)10-15(17)16(11-19)13-6-4-5-12(2)9-13/h7-8,10,12-13,16H,3-6,9,11,19H2,1-2H3. The van der Waals surface area contributed by atoms with Crippen molar-refractivity contribution in [3.8, 4) is 5.75 Å². The highest BCUT2D eigenvalue weighted by Crippen LogP contribution is 2.41. The quantitative estimate of drug-likeness (QED) is 0.861. The Hall–Kier alpha value is -0.730. The summed E-state index contributed by atoms with van der Waals surface area (Å²) in [6.07, 6.45) is 5.19. The van der Waals surface area contributed by atoms with Crippen LogP contribution in [0, 0.1) is 11.8 Å². The van der Waals surface area contributed by atoms with E-state index in [1.807, 2.05) is 25.1 Å². The lowest BCUT2D eigenvalue weighted by molar-refractivity contribution is 0.242. The predicted molar refractivity (Wildman–Crippen MR) is 85.5 cm³/mol. The van der Waals surface area contributed by atoms with Gasteiger partial charge in [-0.05, 0) is 56.3 Å². The van der Waals surface area contributed by atoms with Crippen LogP contribution in [0.1, 0.15) is 51.0 Å². The molecule has 0 amide bonds. The lowest BCUT2D eigenvalue weighted by Crippen LogP contribution is -2.26. The summed E-state index contributed by atoms with van der Waals surface area (Å²) in [5.41, 5.74) is 7.29. The Labute approximate surface area is 127 Å². The molecule has 3 atom stereocenters. The van der Waals surface area contributed by atoms with E-state index in [0.29, 0.717) is 25.0 Å². The summed E-state index contributed by atoms with van der Waals surface area (Å²) in [7, 11) is 0. The third kappa shape index (κ3) is 3.67. The Morgan fingerprint density at radius 3 is 2.85 bits per heavy atom. The van der Waals surface area contributed by atoms with Gasteiger partial charge in [-0.15, -0.1) is 0 Å². The first-order valence-electron chi connectivity index (χ1n) is 7.78. The lowest BCUT2D eigenvalue weighted by atomic mass is 9.73. The molecule has 0 heterocycles. The average molecular weight is 296 g/mol. The highest BCUT2D eigenvalue weighted by molar-refractivity contribution is 6.30. The predicted octanol–water partition coefficient (Wildman–Crippen LogP) is 4.61. The number of halogens is 1. The van der Waals surface area contributed by atoms with Gasteiger partial charge >= 0.3 is 0 Å². The first-order valence-corrected chi connectivity index (χ1v) is 8.15. The number of nitrogens with two attached hydrogens (primary N) is 1. The van der Waals surface area contributed by atoms with Gasteiger partial charge in [0.05, 0.1) is 6.61 Å². The molecule has 20 heavy (non-hydrogen) atoms. The van der Waals surface area contributed by atoms with Crippen molar-refractivity contribution in [1.29, 1.82) is 0 Å². The highest BCUT2D eigenvalue weighted by atomic mass is 35.5. The second kappa shape index (κ2) is 7.33. The fraction of sp³-hybridized carbons (Fsp3) is 0.647. The number of ether oxygens (including phenoxy) is 1. The molecule has 0 radical (unpaired) electrons. The molecule has 1 aliphatic rings. The van der Waals surface area contributed by atoms with Crippen LogP contribution in [-0.4, -0.2) is 13.2 Å². The van der Waals surface area contributed by atoms with Crippen molar-refractivity contribution in [2.75, 3.05) is 13.2 Å². The molecule has 1 aromatic rings. The van der Waals surface area contributed by atoms with Gasteiger partial charge in [-0.1, -0.05) is 31.4 Å².